The number of aliphatic imine (C=N–C) groups is 1. The lowest BCUT2D eigenvalue weighted by Crippen LogP contribution is -2.45. The summed E-state index contributed by atoms with van der Waals surface area (Å²) in [6, 6.07) is 5.31. The second kappa shape index (κ2) is 14.0. The summed E-state index contributed by atoms with van der Waals surface area (Å²) in [5.41, 5.74) is 6.47. The lowest BCUT2D eigenvalue weighted by atomic mass is 9.92. The normalized spacial score (nSPS) is 12.8. The van der Waals surface area contributed by atoms with Gasteiger partial charge in [0.2, 0.25) is 17.8 Å². The number of nitrogens with zero attached hydrogens (tertiary/aromatic N) is 2. The highest BCUT2D eigenvalue weighted by molar-refractivity contribution is 8.13. The monoisotopic (exact) mass is 492 g/mol. The Balaban J connectivity index is 2.79. The maximum atomic E-state index is 13.1. The van der Waals surface area contributed by atoms with Crippen LogP contribution in [-0.4, -0.2) is 65.5 Å². The van der Waals surface area contributed by atoms with Crippen molar-refractivity contribution in [1.29, 1.82) is 5.41 Å². The fraction of sp³-hybridized carbons (Fsp3) is 0.455. The van der Waals surface area contributed by atoms with Crippen LogP contribution in [0.3, 0.4) is 0 Å². The molecular formula is C22H32N6O5S. The van der Waals surface area contributed by atoms with E-state index in [0.29, 0.717) is 12.1 Å². The molecule has 2 amide bonds. The van der Waals surface area contributed by atoms with Crippen LogP contribution in [-0.2, 0) is 14.4 Å². The van der Waals surface area contributed by atoms with Crippen molar-refractivity contribution in [2.75, 3.05) is 25.2 Å². The molecule has 2 atom stereocenters. The third-order valence-electron chi connectivity index (χ3n) is 4.49. The van der Waals surface area contributed by atoms with E-state index in [9.17, 15) is 19.2 Å². The van der Waals surface area contributed by atoms with Crippen molar-refractivity contribution in [3.8, 4) is 5.75 Å². The van der Waals surface area contributed by atoms with E-state index in [-0.39, 0.29) is 41.4 Å². The number of nitrogens with one attached hydrogen (secondary N) is 3. The Kier molecular flexibility index (Phi) is 11.8. The van der Waals surface area contributed by atoms with Crippen LogP contribution < -0.4 is 21.1 Å². The maximum absolute atomic E-state index is 13.1. The molecule has 1 rings (SSSR count). The molecule has 186 valence electrons. The van der Waals surface area contributed by atoms with Crippen molar-refractivity contribution >= 4 is 52.1 Å². The van der Waals surface area contributed by atoms with Crippen molar-refractivity contribution in [3.05, 3.63) is 24.3 Å². The SMILES string of the molecule is CCC(CC(N)=NC(=N)N(C)C)C(=O)C(CSC(=O)Oc1ccc(NC(C)=O)cc1)NC(C)=O. The minimum absolute atomic E-state index is 0.0255. The molecule has 0 spiro atoms. The van der Waals surface area contributed by atoms with Crippen molar-refractivity contribution in [3.63, 3.8) is 0 Å². The molecule has 0 aliphatic heterocycles. The Morgan fingerprint density at radius 1 is 1.15 bits per heavy atom. The van der Waals surface area contributed by atoms with Crippen LogP contribution in [0.4, 0.5) is 10.5 Å². The number of ether oxygens (including phenoxy) is 1. The molecule has 0 saturated carbocycles. The second-order valence-electron chi connectivity index (χ2n) is 7.65. The van der Waals surface area contributed by atoms with Crippen LogP contribution in [0.15, 0.2) is 29.3 Å². The molecule has 0 aromatic heterocycles. The number of guanidine groups is 1. The van der Waals surface area contributed by atoms with Gasteiger partial charge in [-0.1, -0.05) is 6.92 Å². The summed E-state index contributed by atoms with van der Waals surface area (Å²) in [5.74, 6) is -1.12. The van der Waals surface area contributed by atoms with Gasteiger partial charge >= 0.3 is 5.30 Å². The predicted molar refractivity (Wildman–Crippen MR) is 133 cm³/mol. The molecule has 0 saturated heterocycles. The van der Waals surface area contributed by atoms with Crippen LogP contribution >= 0.6 is 11.8 Å². The zero-order valence-electron chi connectivity index (χ0n) is 20.0. The first kappa shape index (κ1) is 28.6. The summed E-state index contributed by atoms with van der Waals surface area (Å²) in [6.45, 7) is 4.48. The average Bonchev–Trinajstić information content (AvgIpc) is 2.75. The topological polar surface area (TPSA) is 167 Å². The molecule has 11 nitrogen and oxygen atoms in total. The number of benzene rings is 1. The average molecular weight is 493 g/mol. The Hall–Kier alpha value is -3.41. The summed E-state index contributed by atoms with van der Waals surface area (Å²) in [6.07, 6.45) is 0.563. The highest BCUT2D eigenvalue weighted by Gasteiger charge is 2.28. The highest BCUT2D eigenvalue weighted by atomic mass is 32.2. The van der Waals surface area contributed by atoms with Gasteiger partial charge in [0.15, 0.2) is 5.78 Å². The summed E-state index contributed by atoms with van der Waals surface area (Å²) in [7, 11) is 3.31. The number of hydrogen-bond donors (Lipinski definition) is 4. The molecule has 0 aliphatic carbocycles. The number of carbonyl (C=O) groups excluding carboxylic acids is 4. The Morgan fingerprint density at radius 2 is 1.76 bits per heavy atom. The lowest BCUT2D eigenvalue weighted by molar-refractivity contribution is -0.128. The van der Waals surface area contributed by atoms with Gasteiger partial charge in [-0.25, -0.2) is 9.79 Å². The maximum Gasteiger partial charge on any atom is 0.372 e. The molecule has 0 radical (unpaired) electrons. The number of hydrogen-bond acceptors (Lipinski definition) is 7. The molecule has 1 aromatic rings. The lowest BCUT2D eigenvalue weighted by Gasteiger charge is -2.22. The van der Waals surface area contributed by atoms with E-state index in [1.54, 1.807) is 26.2 Å². The molecule has 0 aliphatic rings. The minimum atomic E-state index is -0.928. The predicted octanol–water partition coefficient (Wildman–Crippen LogP) is 2.22. The van der Waals surface area contributed by atoms with Crippen LogP contribution in [0.25, 0.3) is 0 Å². The van der Waals surface area contributed by atoms with Crippen LogP contribution in [0.2, 0.25) is 0 Å². The number of anilines is 1. The fourth-order valence-electron chi connectivity index (χ4n) is 2.79. The zero-order chi connectivity index (χ0) is 25.8. The number of amidine groups is 1. The molecule has 12 heteroatoms. The van der Waals surface area contributed by atoms with E-state index in [1.165, 1.54) is 30.9 Å². The van der Waals surface area contributed by atoms with E-state index in [4.69, 9.17) is 15.9 Å². The fourth-order valence-corrected chi connectivity index (χ4v) is 3.50. The smallest absolute Gasteiger partial charge is 0.372 e. The van der Waals surface area contributed by atoms with Gasteiger partial charge in [-0.15, -0.1) is 0 Å². The quantitative estimate of drug-likeness (QED) is 0.219. The summed E-state index contributed by atoms with van der Waals surface area (Å²) in [4.78, 5) is 53.5. The first-order chi connectivity index (χ1) is 15.9. The van der Waals surface area contributed by atoms with Gasteiger partial charge in [-0.3, -0.25) is 19.8 Å². The van der Waals surface area contributed by atoms with Gasteiger partial charge in [0.25, 0.3) is 0 Å². The molecule has 34 heavy (non-hydrogen) atoms. The van der Waals surface area contributed by atoms with E-state index < -0.39 is 23.2 Å². The molecule has 0 fully saturated rings. The van der Waals surface area contributed by atoms with Crippen LogP contribution in [0.1, 0.15) is 33.6 Å². The first-order valence-corrected chi connectivity index (χ1v) is 11.5. The number of nitrogens with two attached hydrogens (primary N) is 1. The number of amides is 2. The van der Waals surface area contributed by atoms with Crippen molar-refractivity contribution in [1.82, 2.24) is 10.2 Å². The van der Waals surface area contributed by atoms with Gasteiger partial charge in [0.1, 0.15) is 11.6 Å². The molecule has 2 unspecified atom stereocenters. The van der Waals surface area contributed by atoms with Crippen molar-refractivity contribution < 1.29 is 23.9 Å². The molecule has 0 heterocycles. The number of thioether (sulfide) groups is 1. The summed E-state index contributed by atoms with van der Waals surface area (Å²) >= 11 is 0.757. The molecular weight excluding hydrogens is 460 g/mol. The third-order valence-corrected chi connectivity index (χ3v) is 5.31. The Bertz CT molecular complexity index is 932. The van der Waals surface area contributed by atoms with Gasteiger partial charge < -0.3 is 26.0 Å². The van der Waals surface area contributed by atoms with Crippen LogP contribution in [0.5, 0.6) is 5.75 Å². The van der Waals surface area contributed by atoms with Gasteiger partial charge in [-0.2, -0.15) is 0 Å². The van der Waals surface area contributed by atoms with E-state index in [0.717, 1.165) is 11.8 Å². The van der Waals surface area contributed by atoms with Gasteiger partial charge in [-0.05, 0) is 42.4 Å². The summed E-state index contributed by atoms with van der Waals surface area (Å²) < 4.78 is 5.25. The number of carbonyl (C=O) groups is 4. The first-order valence-electron chi connectivity index (χ1n) is 10.5. The number of rotatable bonds is 10. The molecule has 1 aromatic carbocycles. The zero-order valence-corrected chi connectivity index (χ0v) is 20.8. The Labute approximate surface area is 203 Å². The third kappa shape index (κ3) is 10.5. The Morgan fingerprint density at radius 3 is 2.26 bits per heavy atom. The largest absolute Gasteiger partial charge is 0.418 e. The molecule has 0 bridgehead atoms. The van der Waals surface area contributed by atoms with Crippen molar-refractivity contribution in [2.24, 2.45) is 16.6 Å². The van der Waals surface area contributed by atoms with E-state index in [1.807, 2.05) is 6.92 Å². The van der Waals surface area contributed by atoms with Gasteiger partial charge in [0, 0.05) is 51.7 Å². The number of Topliss-reactive ketones (excluding diaryl/α,β-unsaturated/α-hetero) is 1. The standard InChI is InChI=1S/C22H32N6O5S/c1-6-15(11-19(23)27-21(24)28(4)5)20(31)18(26-14(3)30)12-34-22(32)33-17-9-7-16(8-10-17)25-13(2)29/h7-10,15,18H,6,11-12H2,1-5H3,(H,25,29)(H,26,30)(H3,23,24,27). The molecule has 5 N–H and O–H groups in total. The van der Waals surface area contributed by atoms with Crippen LogP contribution in [0, 0.1) is 11.3 Å². The van der Waals surface area contributed by atoms with E-state index >= 15 is 0 Å². The minimum Gasteiger partial charge on any atom is -0.418 e. The summed E-state index contributed by atoms with van der Waals surface area (Å²) in [5, 5.41) is 12.3. The number of ketones is 1. The highest BCUT2D eigenvalue weighted by Crippen LogP contribution is 2.20. The second-order valence-corrected chi connectivity index (χ2v) is 8.61. The van der Waals surface area contributed by atoms with E-state index in [2.05, 4.69) is 15.6 Å². The van der Waals surface area contributed by atoms with Gasteiger partial charge in [0.05, 0.1) is 6.04 Å². The van der Waals surface area contributed by atoms with Crippen molar-refractivity contribution in [2.45, 2.75) is 39.7 Å².